The van der Waals surface area contributed by atoms with Crippen molar-refractivity contribution in [3.05, 3.63) is 36.0 Å². The van der Waals surface area contributed by atoms with Crippen LogP contribution in [0.25, 0.3) is 5.69 Å². The maximum Gasteiger partial charge on any atom is 0.317 e. The zero-order chi connectivity index (χ0) is 23.0. The molecule has 8 nitrogen and oxygen atoms in total. The molecule has 2 aromatic rings. The summed E-state index contributed by atoms with van der Waals surface area (Å²) in [6, 6.07) is 9.10. The molecule has 2 N–H and O–H groups in total. The molecule has 0 unspecified atom stereocenters. The van der Waals surface area contributed by atoms with Crippen molar-refractivity contribution in [2.75, 3.05) is 32.1 Å². The smallest absolute Gasteiger partial charge is 0.317 e. The third-order valence-corrected chi connectivity index (χ3v) is 4.87. The van der Waals surface area contributed by atoms with Gasteiger partial charge in [0.15, 0.2) is 0 Å². The summed E-state index contributed by atoms with van der Waals surface area (Å²) in [6.45, 7) is 11.1. The Kier molecular flexibility index (Phi) is 8.47. The third-order valence-electron chi connectivity index (χ3n) is 4.87. The molecule has 0 bridgehead atoms. The fraction of sp³-hybridized carbons (Fsp3) is 0.522. The quantitative estimate of drug-likeness (QED) is 0.591. The standard InChI is InChI=1S/C23H35N5O3/c1-7-9-14-24-22(30)27(8-2)16-21(29)25-20-15-19(23(3,4)5)26-28(20)17-10-12-18(31-6)13-11-17/h10-13,15H,7-9,14,16H2,1-6H3,(H,24,30)(H,25,29). The fourth-order valence-corrected chi connectivity index (χ4v) is 2.92. The summed E-state index contributed by atoms with van der Waals surface area (Å²) < 4.78 is 6.93. The molecule has 1 heterocycles. The first-order valence-corrected chi connectivity index (χ1v) is 10.8. The van der Waals surface area contributed by atoms with Gasteiger partial charge < -0.3 is 20.3 Å². The summed E-state index contributed by atoms with van der Waals surface area (Å²) in [4.78, 5) is 26.6. The zero-order valence-electron chi connectivity index (χ0n) is 19.5. The lowest BCUT2D eigenvalue weighted by atomic mass is 9.92. The number of unbranched alkanes of at least 4 members (excludes halogenated alkanes) is 1. The van der Waals surface area contributed by atoms with E-state index in [1.54, 1.807) is 11.8 Å². The molecule has 31 heavy (non-hydrogen) atoms. The number of anilines is 1. The Balaban J connectivity index is 2.20. The van der Waals surface area contributed by atoms with Gasteiger partial charge in [-0.25, -0.2) is 9.48 Å². The maximum absolute atomic E-state index is 12.8. The summed E-state index contributed by atoms with van der Waals surface area (Å²) in [5, 5.41) is 10.5. The van der Waals surface area contributed by atoms with Crippen molar-refractivity contribution in [1.29, 1.82) is 0 Å². The SMILES string of the molecule is CCCCNC(=O)N(CC)CC(=O)Nc1cc(C(C)(C)C)nn1-c1ccc(OC)cc1. The van der Waals surface area contributed by atoms with Crippen LogP contribution in [-0.4, -0.2) is 53.4 Å². The Morgan fingerprint density at radius 2 is 1.84 bits per heavy atom. The monoisotopic (exact) mass is 429 g/mol. The molecule has 1 aromatic heterocycles. The number of benzene rings is 1. The molecule has 0 atom stereocenters. The number of urea groups is 1. The van der Waals surface area contributed by atoms with Crippen molar-refractivity contribution in [3.8, 4) is 11.4 Å². The van der Waals surface area contributed by atoms with Gasteiger partial charge in [-0.05, 0) is 37.6 Å². The van der Waals surface area contributed by atoms with Crippen LogP contribution in [0.15, 0.2) is 30.3 Å². The Bertz CT molecular complexity index is 868. The van der Waals surface area contributed by atoms with Gasteiger partial charge in [-0.3, -0.25) is 4.79 Å². The van der Waals surface area contributed by atoms with Crippen molar-refractivity contribution in [1.82, 2.24) is 20.0 Å². The second-order valence-corrected chi connectivity index (χ2v) is 8.42. The molecule has 170 valence electrons. The first-order valence-electron chi connectivity index (χ1n) is 10.8. The summed E-state index contributed by atoms with van der Waals surface area (Å²) in [7, 11) is 1.62. The van der Waals surface area contributed by atoms with E-state index in [0.29, 0.717) is 18.9 Å². The second kappa shape index (κ2) is 10.8. The molecule has 0 aliphatic rings. The molecule has 0 saturated heterocycles. The molecule has 0 fully saturated rings. The molecule has 1 aromatic carbocycles. The van der Waals surface area contributed by atoms with Crippen LogP contribution in [0, 0.1) is 0 Å². The van der Waals surface area contributed by atoms with Crippen LogP contribution in [0.3, 0.4) is 0 Å². The lowest BCUT2D eigenvalue weighted by Crippen LogP contribution is -2.44. The Labute approximate surface area is 185 Å². The van der Waals surface area contributed by atoms with Gasteiger partial charge in [-0.1, -0.05) is 34.1 Å². The van der Waals surface area contributed by atoms with E-state index < -0.39 is 0 Å². The van der Waals surface area contributed by atoms with E-state index in [4.69, 9.17) is 9.84 Å². The average Bonchev–Trinajstić information content (AvgIpc) is 3.16. The number of carbonyl (C=O) groups excluding carboxylic acids is 2. The number of hydrogen-bond acceptors (Lipinski definition) is 4. The number of nitrogens with one attached hydrogen (secondary N) is 2. The highest BCUT2D eigenvalue weighted by molar-refractivity contribution is 5.94. The van der Waals surface area contributed by atoms with E-state index >= 15 is 0 Å². The molecule has 0 aliphatic carbocycles. The van der Waals surface area contributed by atoms with Crippen molar-refractivity contribution in [3.63, 3.8) is 0 Å². The highest BCUT2D eigenvalue weighted by Gasteiger charge is 2.22. The minimum atomic E-state index is -0.275. The summed E-state index contributed by atoms with van der Waals surface area (Å²) in [6.07, 6.45) is 1.91. The molecular weight excluding hydrogens is 394 g/mol. The van der Waals surface area contributed by atoms with Crippen LogP contribution < -0.4 is 15.4 Å². The summed E-state index contributed by atoms with van der Waals surface area (Å²) in [5.74, 6) is 1.02. The predicted octanol–water partition coefficient (Wildman–Crippen LogP) is 3.95. The number of hydrogen-bond donors (Lipinski definition) is 2. The van der Waals surface area contributed by atoms with E-state index in [1.807, 2.05) is 37.3 Å². The molecule has 0 radical (unpaired) electrons. The van der Waals surface area contributed by atoms with Crippen LogP contribution in [0.2, 0.25) is 0 Å². The van der Waals surface area contributed by atoms with Crippen LogP contribution in [-0.2, 0) is 10.2 Å². The Morgan fingerprint density at radius 1 is 1.16 bits per heavy atom. The molecule has 3 amide bonds. The van der Waals surface area contributed by atoms with Crippen LogP contribution in [0.1, 0.15) is 53.2 Å². The van der Waals surface area contributed by atoms with Gasteiger partial charge in [0.2, 0.25) is 5.91 Å². The van der Waals surface area contributed by atoms with Crippen LogP contribution in [0.5, 0.6) is 5.75 Å². The lowest BCUT2D eigenvalue weighted by Gasteiger charge is -2.21. The highest BCUT2D eigenvalue weighted by Crippen LogP contribution is 2.27. The molecule has 2 rings (SSSR count). The van der Waals surface area contributed by atoms with Gasteiger partial charge in [0.25, 0.3) is 0 Å². The van der Waals surface area contributed by atoms with E-state index in [-0.39, 0.29) is 23.9 Å². The normalized spacial score (nSPS) is 11.2. The number of ether oxygens (including phenoxy) is 1. The average molecular weight is 430 g/mol. The predicted molar refractivity (Wildman–Crippen MR) is 123 cm³/mol. The van der Waals surface area contributed by atoms with Gasteiger partial charge in [0.05, 0.1) is 18.5 Å². The van der Waals surface area contributed by atoms with E-state index in [0.717, 1.165) is 30.0 Å². The maximum atomic E-state index is 12.8. The zero-order valence-corrected chi connectivity index (χ0v) is 19.5. The number of aromatic nitrogens is 2. The van der Waals surface area contributed by atoms with Crippen molar-refractivity contribution in [2.24, 2.45) is 0 Å². The molecular formula is C23H35N5O3. The molecule has 0 aliphatic heterocycles. The molecule has 0 spiro atoms. The first kappa shape index (κ1) is 24.2. The van der Waals surface area contributed by atoms with Crippen LogP contribution in [0.4, 0.5) is 10.6 Å². The van der Waals surface area contributed by atoms with Gasteiger partial charge in [-0.2, -0.15) is 5.10 Å². The largest absolute Gasteiger partial charge is 0.497 e. The van der Waals surface area contributed by atoms with Crippen molar-refractivity contribution < 1.29 is 14.3 Å². The fourth-order valence-electron chi connectivity index (χ4n) is 2.92. The second-order valence-electron chi connectivity index (χ2n) is 8.42. The Morgan fingerprint density at radius 3 is 2.39 bits per heavy atom. The Hall–Kier alpha value is -3.03. The lowest BCUT2D eigenvalue weighted by molar-refractivity contribution is -0.116. The minimum Gasteiger partial charge on any atom is -0.497 e. The van der Waals surface area contributed by atoms with Crippen molar-refractivity contribution >= 4 is 17.8 Å². The topological polar surface area (TPSA) is 88.5 Å². The van der Waals surface area contributed by atoms with E-state index in [2.05, 4.69) is 38.3 Å². The molecule has 0 saturated carbocycles. The van der Waals surface area contributed by atoms with Crippen LogP contribution >= 0.6 is 0 Å². The minimum absolute atomic E-state index is 0.0346. The number of methoxy groups -OCH3 is 1. The van der Waals surface area contributed by atoms with E-state index in [9.17, 15) is 9.59 Å². The van der Waals surface area contributed by atoms with Gasteiger partial charge in [0, 0.05) is 24.6 Å². The number of carbonyl (C=O) groups is 2. The summed E-state index contributed by atoms with van der Waals surface area (Å²) in [5.41, 5.74) is 1.46. The van der Waals surface area contributed by atoms with Gasteiger partial charge in [0.1, 0.15) is 18.1 Å². The molecule has 8 heteroatoms. The third kappa shape index (κ3) is 6.73. The number of likely N-dealkylation sites (N-methyl/N-ethyl adjacent to an activating group) is 1. The van der Waals surface area contributed by atoms with Gasteiger partial charge >= 0.3 is 6.03 Å². The number of nitrogens with zero attached hydrogens (tertiary/aromatic N) is 3. The number of amides is 3. The highest BCUT2D eigenvalue weighted by atomic mass is 16.5. The van der Waals surface area contributed by atoms with E-state index in [1.165, 1.54) is 4.90 Å². The summed E-state index contributed by atoms with van der Waals surface area (Å²) >= 11 is 0. The van der Waals surface area contributed by atoms with Crippen molar-refractivity contribution in [2.45, 2.75) is 52.9 Å². The first-order chi connectivity index (χ1) is 14.7. The van der Waals surface area contributed by atoms with Gasteiger partial charge in [-0.15, -0.1) is 0 Å². The number of rotatable bonds is 9.